The Morgan fingerprint density at radius 1 is 1.16 bits per heavy atom. The number of pyridine rings is 2. The maximum atomic E-state index is 13.2. The molecule has 1 aliphatic carbocycles. The molecule has 0 radical (unpaired) electrons. The van der Waals surface area contributed by atoms with E-state index in [0.29, 0.717) is 33.6 Å². The molecule has 9 nitrogen and oxygen atoms in total. The van der Waals surface area contributed by atoms with Crippen LogP contribution in [0.5, 0.6) is 0 Å². The second-order valence-electron chi connectivity index (χ2n) is 7.44. The summed E-state index contributed by atoms with van der Waals surface area (Å²) in [7, 11) is 0. The second-order valence-corrected chi connectivity index (χ2v) is 8.66. The van der Waals surface area contributed by atoms with E-state index in [0.717, 1.165) is 18.4 Å². The fraction of sp³-hybridized carbons (Fsp3) is 0.190. The van der Waals surface area contributed by atoms with Crippen molar-refractivity contribution in [3.05, 3.63) is 69.8 Å². The third-order valence-electron chi connectivity index (χ3n) is 5.12. The Balaban J connectivity index is 1.50. The number of amides is 2. The molecule has 1 fully saturated rings. The van der Waals surface area contributed by atoms with Crippen LogP contribution < -0.4 is 10.6 Å². The monoisotopic (exact) mass is 513 g/mol. The number of rotatable bonds is 6. The van der Waals surface area contributed by atoms with E-state index in [4.69, 9.17) is 11.6 Å². The van der Waals surface area contributed by atoms with Crippen LogP contribution in [0.2, 0.25) is 5.02 Å². The molecule has 0 atom stereocenters. The van der Waals surface area contributed by atoms with Crippen LogP contribution in [-0.2, 0) is 0 Å². The Labute approximate surface area is 195 Å². The summed E-state index contributed by atoms with van der Waals surface area (Å²) in [6, 6.07) is 10.2. The van der Waals surface area contributed by atoms with Crippen molar-refractivity contribution >= 4 is 50.5 Å². The maximum Gasteiger partial charge on any atom is 0.274 e. The van der Waals surface area contributed by atoms with Gasteiger partial charge in [0.15, 0.2) is 11.5 Å². The first-order valence-corrected chi connectivity index (χ1v) is 11.1. The van der Waals surface area contributed by atoms with Crippen molar-refractivity contribution in [3.63, 3.8) is 0 Å². The van der Waals surface area contributed by atoms with Gasteiger partial charge in [0.25, 0.3) is 11.8 Å². The highest BCUT2D eigenvalue weighted by Crippen LogP contribution is 2.28. The molecule has 4 aromatic heterocycles. The van der Waals surface area contributed by atoms with Gasteiger partial charge in [0.1, 0.15) is 10.3 Å². The van der Waals surface area contributed by atoms with Gasteiger partial charge in [0.05, 0.1) is 22.4 Å². The van der Waals surface area contributed by atoms with Gasteiger partial charge in [-0.25, -0.2) is 14.2 Å². The topological polar surface area (TPSA) is 106 Å². The van der Waals surface area contributed by atoms with Gasteiger partial charge in [-0.15, -0.1) is 0 Å². The van der Waals surface area contributed by atoms with Crippen molar-refractivity contribution in [2.75, 3.05) is 11.9 Å². The zero-order valence-electron chi connectivity index (χ0n) is 16.6. The van der Waals surface area contributed by atoms with Crippen molar-refractivity contribution in [3.8, 4) is 5.82 Å². The fourth-order valence-corrected chi connectivity index (χ4v) is 3.92. The molecule has 4 heterocycles. The molecule has 11 heteroatoms. The van der Waals surface area contributed by atoms with Crippen LogP contribution >= 0.6 is 27.5 Å². The van der Waals surface area contributed by atoms with Gasteiger partial charge >= 0.3 is 0 Å². The molecule has 32 heavy (non-hydrogen) atoms. The number of nitrogens with one attached hydrogen (secondary N) is 2. The average molecular weight is 515 g/mol. The number of carbonyl (C=O) groups excluding carboxylic acids is 2. The highest BCUT2D eigenvalue weighted by molar-refractivity contribution is 9.10. The third kappa shape index (κ3) is 3.98. The van der Waals surface area contributed by atoms with Crippen molar-refractivity contribution in [1.29, 1.82) is 0 Å². The van der Waals surface area contributed by atoms with Gasteiger partial charge < -0.3 is 10.6 Å². The van der Waals surface area contributed by atoms with Crippen LogP contribution in [0.3, 0.4) is 0 Å². The van der Waals surface area contributed by atoms with Gasteiger partial charge in [-0.2, -0.15) is 10.2 Å². The van der Waals surface area contributed by atoms with Crippen LogP contribution in [0.1, 0.15) is 33.8 Å². The summed E-state index contributed by atoms with van der Waals surface area (Å²) in [5.41, 5.74) is 1.52. The first-order chi connectivity index (χ1) is 15.5. The lowest BCUT2D eigenvalue weighted by Crippen LogP contribution is -2.29. The summed E-state index contributed by atoms with van der Waals surface area (Å²) < 4.78 is 3.30. The molecular formula is C21H17BrClN7O2. The van der Waals surface area contributed by atoms with E-state index in [1.807, 2.05) is 0 Å². The first-order valence-electron chi connectivity index (χ1n) is 9.94. The number of fused-ring (bicyclic) bond motifs is 1. The van der Waals surface area contributed by atoms with Crippen molar-refractivity contribution in [2.24, 2.45) is 5.92 Å². The lowest BCUT2D eigenvalue weighted by molar-refractivity contribution is 0.0945. The van der Waals surface area contributed by atoms with Gasteiger partial charge in [-0.05, 0) is 65.0 Å². The molecule has 0 unspecified atom stereocenters. The van der Waals surface area contributed by atoms with E-state index in [-0.39, 0.29) is 17.3 Å². The van der Waals surface area contributed by atoms with Gasteiger partial charge in [0.2, 0.25) is 0 Å². The smallest absolute Gasteiger partial charge is 0.274 e. The number of halogens is 2. The summed E-state index contributed by atoms with van der Waals surface area (Å²) in [5.74, 6) is 0.0511. The molecule has 5 rings (SSSR count). The summed E-state index contributed by atoms with van der Waals surface area (Å²) in [4.78, 5) is 30.5. The van der Waals surface area contributed by atoms with Crippen molar-refractivity contribution < 1.29 is 9.59 Å². The Bertz CT molecular complexity index is 1350. The second kappa shape index (κ2) is 8.36. The molecule has 0 spiro atoms. The molecule has 2 amide bonds. The zero-order chi connectivity index (χ0) is 22.2. The number of aromatic nitrogens is 5. The molecule has 1 saturated carbocycles. The largest absolute Gasteiger partial charge is 0.350 e. The van der Waals surface area contributed by atoms with Crippen LogP contribution in [0.15, 0.2) is 53.4 Å². The third-order valence-corrected chi connectivity index (χ3v) is 5.81. The van der Waals surface area contributed by atoms with Crippen LogP contribution in [0.4, 0.5) is 5.69 Å². The van der Waals surface area contributed by atoms with Gasteiger partial charge in [-0.1, -0.05) is 11.6 Å². The molecule has 162 valence electrons. The Hall–Kier alpha value is -3.24. The van der Waals surface area contributed by atoms with Gasteiger partial charge in [-0.3, -0.25) is 9.59 Å². The Kier molecular flexibility index (Phi) is 5.40. The molecule has 0 bridgehead atoms. The summed E-state index contributed by atoms with van der Waals surface area (Å²) in [6.45, 7) is 0.599. The quantitative estimate of drug-likeness (QED) is 0.408. The van der Waals surface area contributed by atoms with E-state index in [2.05, 4.69) is 41.7 Å². The van der Waals surface area contributed by atoms with Crippen LogP contribution in [0.25, 0.3) is 11.3 Å². The van der Waals surface area contributed by atoms with E-state index >= 15 is 0 Å². The summed E-state index contributed by atoms with van der Waals surface area (Å²) in [6.07, 6.45) is 5.40. The van der Waals surface area contributed by atoms with E-state index < -0.39 is 5.91 Å². The lowest BCUT2D eigenvalue weighted by atomic mass is 10.2. The predicted molar refractivity (Wildman–Crippen MR) is 122 cm³/mol. The van der Waals surface area contributed by atoms with Crippen LogP contribution in [0, 0.1) is 5.92 Å². The minimum absolute atomic E-state index is 0.197. The minimum atomic E-state index is -0.479. The highest BCUT2D eigenvalue weighted by Gasteiger charge is 2.25. The number of hydrogen-bond acceptors (Lipinski definition) is 5. The molecule has 2 N–H and O–H groups in total. The van der Waals surface area contributed by atoms with Crippen molar-refractivity contribution in [2.45, 2.75) is 12.8 Å². The molecule has 0 aliphatic heterocycles. The molecule has 4 aromatic rings. The lowest BCUT2D eigenvalue weighted by Gasteiger charge is -2.14. The Morgan fingerprint density at radius 2 is 2.00 bits per heavy atom. The normalized spacial score (nSPS) is 13.3. The number of carbonyl (C=O) groups is 2. The standard InChI is InChI=1S/C21H17BrClN7O2/c22-17-10-16(30(28-17)19-14(23)2-1-8-24-19)20(31)27-15-6-5-13-7-9-26-29(13)18(15)21(32)25-11-12-3-4-12/h1-2,5-10,12H,3-4,11H2,(H,25,32)(H,27,31). The minimum Gasteiger partial charge on any atom is -0.350 e. The zero-order valence-corrected chi connectivity index (χ0v) is 19.0. The Morgan fingerprint density at radius 3 is 2.78 bits per heavy atom. The highest BCUT2D eigenvalue weighted by atomic mass is 79.9. The SMILES string of the molecule is O=C(Nc1ccc2ccnn2c1C(=O)NCC1CC1)c1cc(Br)nn1-c1ncccc1Cl. The van der Waals surface area contributed by atoms with Gasteiger partial charge in [0, 0.05) is 18.8 Å². The number of nitrogens with zero attached hydrogens (tertiary/aromatic N) is 5. The van der Waals surface area contributed by atoms with Crippen LogP contribution in [-0.4, -0.2) is 42.7 Å². The molecule has 0 saturated heterocycles. The first kappa shape index (κ1) is 20.7. The van der Waals surface area contributed by atoms with E-state index in [9.17, 15) is 9.59 Å². The predicted octanol–water partition coefficient (Wildman–Crippen LogP) is 3.72. The number of hydrogen-bond donors (Lipinski definition) is 2. The fourth-order valence-electron chi connectivity index (χ4n) is 3.35. The maximum absolute atomic E-state index is 13.2. The van der Waals surface area contributed by atoms with Crippen molar-refractivity contribution in [1.82, 2.24) is 29.7 Å². The molecule has 0 aromatic carbocycles. The summed E-state index contributed by atoms with van der Waals surface area (Å²) >= 11 is 9.56. The van der Waals surface area contributed by atoms with E-state index in [1.165, 1.54) is 9.20 Å². The molecular weight excluding hydrogens is 498 g/mol. The van der Waals surface area contributed by atoms with E-state index in [1.54, 1.807) is 48.8 Å². The molecule has 1 aliphatic rings. The average Bonchev–Trinajstić information content (AvgIpc) is 3.34. The summed E-state index contributed by atoms with van der Waals surface area (Å²) in [5, 5.41) is 14.7. The number of anilines is 1.